The van der Waals surface area contributed by atoms with Crippen molar-refractivity contribution >= 4 is 39.5 Å². The van der Waals surface area contributed by atoms with Crippen LogP contribution >= 0.6 is 15.6 Å². The summed E-state index contributed by atoms with van der Waals surface area (Å²) >= 11 is 0. The molecule has 0 radical (unpaired) electrons. The number of phosphoric acid groups is 2. The summed E-state index contributed by atoms with van der Waals surface area (Å²) in [6.07, 6.45) is 53.1. The Labute approximate surface area is 568 Å². The van der Waals surface area contributed by atoms with Gasteiger partial charge in [0.25, 0.3) is 0 Å². The molecule has 0 aromatic rings. The Balaban J connectivity index is 5.14. The van der Waals surface area contributed by atoms with Gasteiger partial charge in [-0.1, -0.05) is 330 Å². The fourth-order valence-electron chi connectivity index (χ4n) is 11.3. The van der Waals surface area contributed by atoms with Crippen LogP contribution in [0.25, 0.3) is 0 Å². The molecular weight excluding hydrogens is 1220 g/mol. The lowest BCUT2D eigenvalue weighted by Gasteiger charge is -2.21. The predicted octanol–water partition coefficient (Wildman–Crippen LogP) is 21.6. The van der Waals surface area contributed by atoms with Crippen molar-refractivity contribution in [1.29, 1.82) is 0 Å². The molecule has 0 amide bonds. The number of esters is 4. The van der Waals surface area contributed by atoms with E-state index in [1.165, 1.54) is 199 Å². The van der Waals surface area contributed by atoms with Crippen molar-refractivity contribution in [3.05, 3.63) is 0 Å². The zero-order chi connectivity index (χ0) is 68.6. The molecule has 0 spiro atoms. The summed E-state index contributed by atoms with van der Waals surface area (Å²) in [5.74, 6) is -0.702. The lowest BCUT2D eigenvalue weighted by atomic mass is 10.0. The molecule has 0 saturated heterocycles. The summed E-state index contributed by atoms with van der Waals surface area (Å²) in [4.78, 5) is 72.6. The lowest BCUT2D eigenvalue weighted by molar-refractivity contribution is -0.161. The van der Waals surface area contributed by atoms with E-state index in [-0.39, 0.29) is 25.7 Å². The number of aliphatic hydroxyl groups excluding tert-OH is 1. The van der Waals surface area contributed by atoms with Crippen LogP contribution in [0.1, 0.15) is 382 Å². The maximum absolute atomic E-state index is 13.0. The number of carbonyl (C=O) groups excluding carboxylic acids is 4. The van der Waals surface area contributed by atoms with Gasteiger partial charge in [-0.05, 0) is 37.5 Å². The molecule has 93 heavy (non-hydrogen) atoms. The Morgan fingerprint density at radius 1 is 0.290 bits per heavy atom. The van der Waals surface area contributed by atoms with Crippen molar-refractivity contribution in [3.63, 3.8) is 0 Å². The molecule has 0 rings (SSSR count). The van der Waals surface area contributed by atoms with Crippen molar-refractivity contribution < 1.29 is 80.2 Å². The first-order chi connectivity index (χ1) is 44.9. The van der Waals surface area contributed by atoms with Gasteiger partial charge in [-0.25, -0.2) is 9.13 Å². The molecule has 19 heteroatoms. The zero-order valence-electron chi connectivity index (χ0n) is 60.6. The standard InChI is InChI=1S/C74H144O17P2/c1-7-9-11-13-15-17-19-20-21-22-23-24-25-26-27-28-29-30-32-40-46-52-58-73(78)90-69(62-85-72(77)57-51-45-39-34-33-36-42-48-54-66(3)4)64-88-92(80,81)86-60-68(75)61-87-93(82,83)89-65-70(91-74(79)59-53-47-41-35-37-43-49-55-67(5)6)63-84-71(76)56-50-44-38-31-18-16-14-12-10-8-2/h66-70,75H,7-65H2,1-6H3,(H,80,81)(H,82,83)/t68-,69-,70-/m1/s1. The summed E-state index contributed by atoms with van der Waals surface area (Å²) < 4.78 is 68.3. The highest BCUT2D eigenvalue weighted by atomic mass is 31.2. The Hall–Kier alpha value is -1.94. The van der Waals surface area contributed by atoms with Gasteiger partial charge in [-0.15, -0.1) is 0 Å². The van der Waals surface area contributed by atoms with Crippen LogP contribution in [0, 0.1) is 11.8 Å². The highest BCUT2D eigenvalue weighted by molar-refractivity contribution is 7.47. The van der Waals surface area contributed by atoms with E-state index in [9.17, 15) is 43.2 Å². The number of rotatable bonds is 73. The first-order valence-corrected chi connectivity index (χ1v) is 41.5. The maximum Gasteiger partial charge on any atom is 0.472 e. The van der Waals surface area contributed by atoms with Crippen LogP contribution in [0.2, 0.25) is 0 Å². The van der Waals surface area contributed by atoms with Crippen molar-refractivity contribution in [2.75, 3.05) is 39.6 Å². The normalized spacial score (nSPS) is 14.1. The minimum atomic E-state index is -4.95. The average molecular weight is 1370 g/mol. The molecule has 17 nitrogen and oxygen atoms in total. The van der Waals surface area contributed by atoms with E-state index in [4.69, 9.17) is 37.0 Å². The Kier molecular flexibility index (Phi) is 64.6. The van der Waals surface area contributed by atoms with E-state index in [0.717, 1.165) is 95.8 Å². The third kappa shape index (κ3) is 68.4. The highest BCUT2D eigenvalue weighted by Gasteiger charge is 2.30. The van der Waals surface area contributed by atoms with Gasteiger partial charge >= 0.3 is 39.5 Å². The van der Waals surface area contributed by atoms with Gasteiger partial charge in [0.15, 0.2) is 12.2 Å². The number of aliphatic hydroxyl groups is 1. The molecule has 0 aromatic heterocycles. The van der Waals surface area contributed by atoms with Crippen molar-refractivity contribution in [2.45, 2.75) is 400 Å². The van der Waals surface area contributed by atoms with Crippen LogP contribution in [-0.4, -0.2) is 96.7 Å². The molecule has 5 atom stereocenters. The molecule has 2 unspecified atom stereocenters. The van der Waals surface area contributed by atoms with Crippen LogP contribution in [0.15, 0.2) is 0 Å². The molecule has 0 aliphatic rings. The maximum atomic E-state index is 13.0. The monoisotopic (exact) mass is 1370 g/mol. The van der Waals surface area contributed by atoms with Gasteiger partial charge in [-0.2, -0.15) is 0 Å². The molecule has 0 aliphatic heterocycles. The minimum Gasteiger partial charge on any atom is -0.462 e. The molecule has 0 saturated carbocycles. The number of hydrogen-bond acceptors (Lipinski definition) is 15. The second-order valence-corrected chi connectivity index (χ2v) is 30.5. The second kappa shape index (κ2) is 66.0. The zero-order valence-corrected chi connectivity index (χ0v) is 62.3. The summed E-state index contributed by atoms with van der Waals surface area (Å²) in [5.41, 5.74) is 0. The fourth-order valence-corrected chi connectivity index (χ4v) is 12.9. The van der Waals surface area contributed by atoms with Crippen LogP contribution in [-0.2, 0) is 65.4 Å². The van der Waals surface area contributed by atoms with Gasteiger partial charge in [-0.3, -0.25) is 37.3 Å². The van der Waals surface area contributed by atoms with Crippen molar-refractivity contribution in [3.8, 4) is 0 Å². The molecule has 0 heterocycles. The van der Waals surface area contributed by atoms with E-state index >= 15 is 0 Å². The number of unbranched alkanes of at least 4 members (excludes halogenated alkanes) is 43. The Bertz CT molecular complexity index is 1800. The fraction of sp³-hybridized carbons (Fsp3) is 0.946. The van der Waals surface area contributed by atoms with Crippen molar-refractivity contribution in [2.24, 2.45) is 11.8 Å². The number of hydrogen-bond donors (Lipinski definition) is 3. The Morgan fingerprint density at radius 2 is 0.495 bits per heavy atom. The molecule has 0 fully saturated rings. The summed E-state index contributed by atoms with van der Waals surface area (Å²) in [6, 6.07) is 0. The lowest BCUT2D eigenvalue weighted by Crippen LogP contribution is -2.30. The third-order valence-electron chi connectivity index (χ3n) is 17.2. The van der Waals surface area contributed by atoms with Crippen molar-refractivity contribution in [1.82, 2.24) is 0 Å². The van der Waals surface area contributed by atoms with E-state index in [0.29, 0.717) is 31.6 Å². The third-order valence-corrected chi connectivity index (χ3v) is 19.1. The van der Waals surface area contributed by atoms with Gasteiger partial charge in [0.05, 0.1) is 26.4 Å². The first-order valence-electron chi connectivity index (χ1n) is 38.5. The van der Waals surface area contributed by atoms with Gasteiger partial charge in [0.1, 0.15) is 19.3 Å². The first kappa shape index (κ1) is 91.1. The van der Waals surface area contributed by atoms with E-state index in [2.05, 4.69) is 41.5 Å². The second-order valence-electron chi connectivity index (χ2n) is 27.6. The van der Waals surface area contributed by atoms with Crippen LogP contribution in [0.5, 0.6) is 0 Å². The average Bonchev–Trinajstić information content (AvgIpc) is 2.91. The van der Waals surface area contributed by atoms with Crippen LogP contribution in [0.4, 0.5) is 0 Å². The topological polar surface area (TPSA) is 237 Å². The molecule has 0 aromatic carbocycles. The summed E-state index contributed by atoms with van der Waals surface area (Å²) in [5, 5.41) is 10.6. The van der Waals surface area contributed by atoms with Crippen LogP contribution in [0.3, 0.4) is 0 Å². The largest absolute Gasteiger partial charge is 0.472 e. The predicted molar refractivity (Wildman–Crippen MR) is 377 cm³/mol. The van der Waals surface area contributed by atoms with Crippen LogP contribution < -0.4 is 0 Å². The Morgan fingerprint density at radius 3 is 0.731 bits per heavy atom. The molecule has 3 N–H and O–H groups in total. The quantitative estimate of drug-likeness (QED) is 0.0222. The SMILES string of the molecule is CCCCCCCCCCCCCCCCCCCCCCCCC(=O)O[C@H](COC(=O)CCCCCCCCCCC(C)C)COP(=O)(O)OC[C@@H](O)COP(=O)(O)OC[C@@H](COC(=O)CCCCCCCCCCCC)OC(=O)CCCCCCCCCC(C)C. The number of ether oxygens (including phenoxy) is 4. The summed E-state index contributed by atoms with van der Waals surface area (Å²) in [7, 11) is -9.90. The van der Waals surface area contributed by atoms with Gasteiger partial charge in [0.2, 0.25) is 0 Å². The number of phosphoric ester groups is 2. The summed E-state index contributed by atoms with van der Waals surface area (Å²) in [6.45, 7) is 9.46. The van der Waals surface area contributed by atoms with E-state index < -0.39 is 97.5 Å². The van der Waals surface area contributed by atoms with Gasteiger partial charge in [0, 0.05) is 25.7 Å². The minimum absolute atomic E-state index is 0.104. The molecular formula is C74H144O17P2. The molecule has 0 aliphatic carbocycles. The smallest absolute Gasteiger partial charge is 0.462 e. The van der Waals surface area contributed by atoms with Gasteiger partial charge < -0.3 is 33.8 Å². The molecule has 0 bridgehead atoms. The molecule has 552 valence electrons. The van der Waals surface area contributed by atoms with E-state index in [1.807, 2.05) is 0 Å². The number of carbonyl (C=O) groups is 4. The van der Waals surface area contributed by atoms with E-state index in [1.54, 1.807) is 0 Å². The highest BCUT2D eigenvalue weighted by Crippen LogP contribution is 2.45.